The van der Waals surface area contributed by atoms with Crippen molar-refractivity contribution in [3.63, 3.8) is 0 Å². The van der Waals surface area contributed by atoms with Crippen LogP contribution in [0.25, 0.3) is 0 Å². The third-order valence-electron chi connectivity index (χ3n) is 0.438. The lowest BCUT2D eigenvalue weighted by molar-refractivity contribution is 0.602. The largest absolute Gasteiger partial charge is 0.0654 e. The van der Waals surface area contributed by atoms with Crippen LogP contribution in [0.5, 0.6) is 0 Å². The summed E-state index contributed by atoms with van der Waals surface area (Å²) < 4.78 is 127. The first-order valence-electron chi connectivity index (χ1n) is 10.8. The molecule has 0 atom stereocenters. The fourth-order valence-electron chi connectivity index (χ4n) is 0.188. The van der Waals surface area contributed by atoms with Gasteiger partial charge in [0.25, 0.3) is 0 Å². The van der Waals surface area contributed by atoms with Crippen molar-refractivity contribution in [2.24, 2.45) is 0 Å². The standard InChI is InChI=1S/C9H20/c1-3-5-7-9-8-6-4-2/h3-9H2,1-2H3/i1D3,3D2,4D2,5D2,6D2,7D2,8D2,9D2. The Balaban J connectivity index is 6.61. The fourth-order valence-corrected chi connectivity index (χ4v) is 0.188. The van der Waals surface area contributed by atoms with Gasteiger partial charge in [-0.1, -0.05) is 58.4 Å². The SMILES string of the molecule is [2H]C([2H])([2H])C([2H])([2H])C([2H])([2H])C([2H])([2H])C([2H])([2H])C([2H])([2H])C([2H])([2H])C([2H])([2H])C. The molecular weight excluding hydrogens is 108 g/mol. The molecule has 0 unspecified atom stereocenters. The summed E-state index contributed by atoms with van der Waals surface area (Å²) in [6, 6.07) is 0. The molecule has 0 rings (SSSR count). The topological polar surface area (TPSA) is 0 Å². The Morgan fingerprint density at radius 2 is 1.56 bits per heavy atom. The molecular formula is C9H20. The van der Waals surface area contributed by atoms with Gasteiger partial charge in [-0.25, -0.2) is 0 Å². The monoisotopic (exact) mass is 145 g/mol. The van der Waals surface area contributed by atoms with E-state index in [0.29, 0.717) is 6.92 Å². The zero-order valence-electron chi connectivity index (χ0n) is 22.0. The van der Waals surface area contributed by atoms with Crippen LogP contribution in [0.3, 0.4) is 0 Å². The smallest absolute Gasteiger partial charge is 0.0267 e. The summed E-state index contributed by atoms with van der Waals surface area (Å²) in [5.41, 5.74) is 0. The van der Waals surface area contributed by atoms with Gasteiger partial charge in [-0.3, -0.25) is 0 Å². The van der Waals surface area contributed by atoms with Gasteiger partial charge in [0.15, 0.2) is 0 Å². The van der Waals surface area contributed by atoms with Gasteiger partial charge in [0, 0.05) is 23.3 Å². The van der Waals surface area contributed by atoms with E-state index in [0.717, 1.165) is 0 Å². The van der Waals surface area contributed by atoms with Crippen LogP contribution in [0.4, 0.5) is 0 Å². The van der Waals surface area contributed by atoms with E-state index in [4.69, 9.17) is 23.3 Å². The highest BCUT2D eigenvalue weighted by molar-refractivity contribution is 4.41. The van der Waals surface area contributed by atoms with Crippen LogP contribution in [0.1, 0.15) is 81.7 Å². The molecule has 0 aromatic carbocycles. The Morgan fingerprint density at radius 3 is 2.11 bits per heavy atom. The van der Waals surface area contributed by atoms with Gasteiger partial charge in [-0.15, -0.1) is 0 Å². The zero-order valence-corrected chi connectivity index (χ0v) is 5.00. The highest BCUT2D eigenvalue weighted by Gasteiger charge is 1.85. The van der Waals surface area contributed by atoms with E-state index in [-0.39, 0.29) is 0 Å². The first kappa shape index (κ1) is 0.922. The first-order valence-corrected chi connectivity index (χ1v) is 2.25. The molecule has 0 aromatic heterocycles. The molecule has 0 amide bonds. The minimum Gasteiger partial charge on any atom is -0.0654 e. The third-order valence-corrected chi connectivity index (χ3v) is 0.438. The van der Waals surface area contributed by atoms with Crippen molar-refractivity contribution in [2.45, 2.75) is 58.4 Å². The molecule has 0 bridgehead atoms. The molecule has 0 nitrogen and oxygen atoms in total. The van der Waals surface area contributed by atoms with E-state index in [9.17, 15) is 0 Å². The summed E-state index contributed by atoms with van der Waals surface area (Å²) in [4.78, 5) is 0. The molecule has 0 spiro atoms. The molecule has 0 heterocycles. The van der Waals surface area contributed by atoms with Crippen molar-refractivity contribution in [3.05, 3.63) is 0 Å². The van der Waals surface area contributed by atoms with Gasteiger partial charge >= 0.3 is 0 Å². The Morgan fingerprint density at radius 1 is 1.00 bits per heavy atom. The molecule has 0 aromatic rings. The molecule has 0 saturated carbocycles. The van der Waals surface area contributed by atoms with Crippen molar-refractivity contribution >= 4 is 0 Å². The van der Waals surface area contributed by atoms with E-state index < -0.39 is 51.5 Å². The summed E-state index contributed by atoms with van der Waals surface area (Å²) in [5.74, 6) is 0. The van der Waals surface area contributed by atoms with Crippen LogP contribution in [-0.2, 0) is 0 Å². The number of hydrogen-bond donors (Lipinski definition) is 0. The summed E-state index contributed by atoms with van der Waals surface area (Å²) >= 11 is 0. The lowest BCUT2D eigenvalue weighted by atomic mass is 10.1. The second-order valence-electron chi connectivity index (χ2n) is 1.00. The average Bonchev–Trinajstić information content (AvgIpc) is 2.34. The minimum atomic E-state index is -4.21. The summed E-state index contributed by atoms with van der Waals surface area (Å²) in [5, 5.41) is 0. The quantitative estimate of drug-likeness (QED) is 0.534. The molecule has 0 saturated heterocycles. The lowest BCUT2D eigenvalue weighted by Gasteiger charge is -1.96. The van der Waals surface area contributed by atoms with E-state index in [2.05, 4.69) is 0 Å². The Kier molecular flexibility index (Phi) is 0.819. The van der Waals surface area contributed by atoms with E-state index >= 15 is 0 Å². The number of rotatable bonds is 6. The molecule has 0 aliphatic heterocycles. The van der Waals surface area contributed by atoms with Crippen LogP contribution >= 0.6 is 0 Å². The number of hydrogen-bond acceptors (Lipinski definition) is 0. The van der Waals surface area contributed by atoms with Crippen molar-refractivity contribution in [2.75, 3.05) is 0 Å². The van der Waals surface area contributed by atoms with Crippen LogP contribution in [0.15, 0.2) is 0 Å². The lowest BCUT2D eigenvalue weighted by Crippen LogP contribution is -1.76. The van der Waals surface area contributed by atoms with Crippen LogP contribution in [0.2, 0.25) is 0 Å². The predicted molar refractivity (Wildman–Crippen MR) is 43.7 cm³/mol. The zero-order chi connectivity index (χ0) is 22.0. The van der Waals surface area contributed by atoms with Crippen molar-refractivity contribution < 1.29 is 23.3 Å². The Bertz CT molecular complexity index is 469. The van der Waals surface area contributed by atoms with E-state index in [1.54, 1.807) is 0 Å². The van der Waals surface area contributed by atoms with Crippen LogP contribution in [0, 0.1) is 0 Å². The molecule has 9 heavy (non-hydrogen) atoms. The van der Waals surface area contributed by atoms with Crippen molar-refractivity contribution in [1.82, 2.24) is 0 Å². The summed E-state index contributed by atoms with van der Waals surface area (Å²) in [6.45, 7) is -3.17. The highest BCUT2D eigenvalue weighted by Crippen LogP contribution is 2.05. The second-order valence-corrected chi connectivity index (χ2v) is 1.00. The van der Waals surface area contributed by atoms with Gasteiger partial charge in [0.1, 0.15) is 0 Å². The molecule has 0 aliphatic rings. The van der Waals surface area contributed by atoms with Gasteiger partial charge < -0.3 is 0 Å². The molecule has 56 valence electrons. The van der Waals surface area contributed by atoms with Crippen molar-refractivity contribution in [3.8, 4) is 0 Å². The van der Waals surface area contributed by atoms with Crippen LogP contribution in [-0.4, -0.2) is 0 Å². The third kappa shape index (κ3) is 8.00. The average molecular weight is 145 g/mol. The predicted octanol–water partition coefficient (Wildman–Crippen LogP) is 3.76. The maximum absolute atomic E-state index is 7.73. The van der Waals surface area contributed by atoms with Crippen molar-refractivity contribution in [1.29, 1.82) is 0 Å². The molecule has 0 radical (unpaired) electrons. The Labute approximate surface area is 83.5 Å². The second kappa shape index (κ2) is 8.00. The highest BCUT2D eigenvalue weighted by atomic mass is 13.9. The first-order chi connectivity index (χ1) is 10.8. The minimum absolute atomic E-state index is 0.576. The van der Waals surface area contributed by atoms with Crippen LogP contribution < -0.4 is 0 Å². The van der Waals surface area contributed by atoms with Gasteiger partial charge in [-0.2, -0.15) is 0 Å². The molecule has 0 heteroatoms. The van der Waals surface area contributed by atoms with E-state index in [1.807, 2.05) is 0 Å². The van der Waals surface area contributed by atoms with E-state index in [1.165, 1.54) is 0 Å². The molecule has 0 fully saturated rings. The Hall–Kier alpha value is 0. The molecule has 0 N–H and O–H groups in total. The maximum atomic E-state index is 7.73. The summed E-state index contributed by atoms with van der Waals surface area (Å²) in [7, 11) is 0. The van der Waals surface area contributed by atoms with Gasteiger partial charge in [0.2, 0.25) is 0 Å². The molecule has 0 aliphatic carbocycles. The summed E-state index contributed by atoms with van der Waals surface area (Å²) in [6.07, 6.45) is -27.2. The van der Waals surface area contributed by atoms with Gasteiger partial charge in [0.05, 0.1) is 0 Å². The maximum Gasteiger partial charge on any atom is 0.0267 e. The normalized spacial score (nSPS) is 50.6. The van der Waals surface area contributed by atoms with Gasteiger partial charge in [-0.05, 0) is 0 Å². The fraction of sp³-hybridized carbons (Fsp3) is 1.00.